The Balaban J connectivity index is 1.36. The Bertz CT molecular complexity index is 914. The van der Waals surface area contributed by atoms with Crippen LogP contribution >= 0.6 is 8.17 Å². The molecule has 2 aromatic rings. The third-order valence-corrected chi connectivity index (χ3v) is 5.60. The van der Waals surface area contributed by atoms with Crippen molar-refractivity contribution in [3.63, 3.8) is 0 Å². The van der Waals surface area contributed by atoms with E-state index in [0.717, 1.165) is 5.56 Å². The Morgan fingerprint density at radius 1 is 1.27 bits per heavy atom. The molecule has 0 amide bonds. The Morgan fingerprint density at radius 2 is 2.12 bits per heavy atom. The van der Waals surface area contributed by atoms with Gasteiger partial charge in [-0.2, -0.15) is 4.89 Å². The van der Waals surface area contributed by atoms with E-state index in [1.165, 1.54) is 16.8 Å². The first-order valence-corrected chi connectivity index (χ1v) is 9.67. The van der Waals surface area contributed by atoms with Gasteiger partial charge in [-0.1, -0.05) is 18.2 Å². The molecule has 0 spiro atoms. The van der Waals surface area contributed by atoms with Crippen molar-refractivity contribution in [2.24, 2.45) is 0 Å². The number of nitrogens with one attached hydrogen (secondary N) is 1. The zero-order valence-electron chi connectivity index (χ0n) is 13.7. The molecular formula is C16H18N2O7P+. The zero-order valence-corrected chi connectivity index (χ0v) is 14.6. The standard InChI is InChI=1S/C16H17N2O7P/c19-14-7-8-18(16(20)17-14)15-6-5-12(24-15)10-23-26(21)22-9-11-3-1-2-4-13(11)25-26/h1-4,7-8,12,15,21H,5-6,9-10H2/p+1. The lowest BCUT2D eigenvalue weighted by Crippen LogP contribution is -2.31. The topological polar surface area (TPSA) is 112 Å². The highest BCUT2D eigenvalue weighted by Crippen LogP contribution is 2.61. The van der Waals surface area contributed by atoms with Crippen molar-refractivity contribution < 1.29 is 23.2 Å². The SMILES string of the molecule is O=c1ccn(C2CCC(CO[P+]3(O)OCc4ccccc4O3)O2)c(=O)[nH]1. The number of para-hydroxylation sites is 1. The highest BCUT2D eigenvalue weighted by Gasteiger charge is 2.51. The van der Waals surface area contributed by atoms with Crippen molar-refractivity contribution in [3.8, 4) is 5.75 Å². The molecule has 1 saturated heterocycles. The van der Waals surface area contributed by atoms with Gasteiger partial charge in [0.25, 0.3) is 5.56 Å². The first-order chi connectivity index (χ1) is 12.5. The number of nitrogens with zero attached hydrogens (tertiary/aromatic N) is 1. The third-order valence-electron chi connectivity index (χ3n) is 4.24. The molecule has 2 N–H and O–H groups in total. The molecule has 1 aromatic carbocycles. The van der Waals surface area contributed by atoms with E-state index in [1.807, 2.05) is 12.1 Å². The number of ether oxygens (including phenoxy) is 1. The first-order valence-electron chi connectivity index (χ1n) is 8.18. The summed E-state index contributed by atoms with van der Waals surface area (Å²) in [6.07, 6.45) is 1.80. The number of hydrogen-bond donors (Lipinski definition) is 2. The van der Waals surface area contributed by atoms with Crippen LogP contribution in [0.2, 0.25) is 0 Å². The largest absolute Gasteiger partial charge is 0.619 e. The minimum absolute atomic E-state index is 0.0705. The lowest BCUT2D eigenvalue weighted by molar-refractivity contribution is -0.0301. The van der Waals surface area contributed by atoms with Crippen molar-refractivity contribution in [2.45, 2.75) is 31.8 Å². The lowest BCUT2D eigenvalue weighted by atomic mass is 10.2. The number of rotatable bonds is 4. The van der Waals surface area contributed by atoms with Gasteiger partial charge in [0.1, 0.15) is 19.4 Å². The Hall–Kier alpha value is -2.03. The maximum Gasteiger partial charge on any atom is 0.619 e. The van der Waals surface area contributed by atoms with E-state index in [0.29, 0.717) is 18.6 Å². The minimum atomic E-state index is -3.45. The van der Waals surface area contributed by atoms with Crippen LogP contribution in [0.15, 0.2) is 46.1 Å². The molecular weight excluding hydrogens is 363 g/mol. The number of aromatic nitrogens is 2. The smallest absolute Gasteiger partial charge is 0.352 e. The quantitative estimate of drug-likeness (QED) is 0.772. The summed E-state index contributed by atoms with van der Waals surface area (Å²) < 4.78 is 23.5. The molecule has 0 aliphatic carbocycles. The van der Waals surface area contributed by atoms with Gasteiger partial charge in [0, 0.05) is 17.8 Å². The first kappa shape index (κ1) is 17.4. The maximum atomic E-state index is 11.8. The zero-order chi connectivity index (χ0) is 18.1. The summed E-state index contributed by atoms with van der Waals surface area (Å²) in [7, 11) is -3.45. The van der Waals surface area contributed by atoms with E-state index in [9.17, 15) is 14.5 Å². The summed E-state index contributed by atoms with van der Waals surface area (Å²) in [4.78, 5) is 35.6. The highest BCUT2D eigenvalue weighted by molar-refractivity contribution is 7.55. The number of H-pyrrole nitrogens is 1. The molecule has 0 saturated carbocycles. The van der Waals surface area contributed by atoms with Crippen LogP contribution in [0.5, 0.6) is 5.75 Å². The Kier molecular flexibility index (Phi) is 4.64. The van der Waals surface area contributed by atoms with Crippen molar-refractivity contribution in [1.29, 1.82) is 0 Å². The van der Waals surface area contributed by atoms with Crippen LogP contribution < -0.4 is 15.8 Å². The highest BCUT2D eigenvalue weighted by atomic mass is 31.2. The van der Waals surface area contributed by atoms with Gasteiger partial charge in [-0.25, -0.2) is 4.79 Å². The molecule has 26 heavy (non-hydrogen) atoms. The predicted molar refractivity (Wildman–Crippen MR) is 91.4 cm³/mol. The van der Waals surface area contributed by atoms with Crippen molar-refractivity contribution in [3.05, 3.63) is 62.9 Å². The van der Waals surface area contributed by atoms with Crippen molar-refractivity contribution >= 4 is 8.17 Å². The fourth-order valence-corrected chi connectivity index (χ4v) is 4.19. The van der Waals surface area contributed by atoms with Crippen LogP contribution in [-0.2, 0) is 20.4 Å². The number of fused-ring (bicyclic) bond motifs is 1. The van der Waals surface area contributed by atoms with Gasteiger partial charge in [0.2, 0.25) is 0 Å². The summed E-state index contributed by atoms with van der Waals surface area (Å²) in [5.41, 5.74) is -0.135. The normalized spacial score (nSPS) is 27.7. The van der Waals surface area contributed by atoms with E-state index in [4.69, 9.17) is 18.3 Å². The van der Waals surface area contributed by atoms with Gasteiger partial charge >= 0.3 is 13.9 Å². The van der Waals surface area contributed by atoms with Crippen LogP contribution in [0.4, 0.5) is 0 Å². The molecule has 0 bridgehead atoms. The van der Waals surface area contributed by atoms with Crippen LogP contribution in [0.3, 0.4) is 0 Å². The molecule has 3 atom stereocenters. The molecule has 0 radical (unpaired) electrons. The van der Waals surface area contributed by atoms with Gasteiger partial charge in [-0.05, 0) is 18.9 Å². The molecule has 1 fully saturated rings. The fourth-order valence-electron chi connectivity index (χ4n) is 2.92. The van der Waals surface area contributed by atoms with E-state index in [1.54, 1.807) is 12.1 Å². The molecule has 4 rings (SSSR count). The third kappa shape index (κ3) is 3.58. The van der Waals surface area contributed by atoms with Gasteiger partial charge < -0.3 is 4.74 Å². The number of hydrogen-bond acceptors (Lipinski definition) is 7. The monoisotopic (exact) mass is 381 g/mol. The summed E-state index contributed by atoms with van der Waals surface area (Å²) in [5, 5.41) is 0. The minimum Gasteiger partial charge on any atom is -0.352 e. The second-order valence-corrected chi connectivity index (χ2v) is 7.68. The molecule has 2 aliphatic heterocycles. The number of benzene rings is 1. The van der Waals surface area contributed by atoms with Crippen LogP contribution in [0.25, 0.3) is 0 Å². The van der Waals surface area contributed by atoms with Gasteiger partial charge in [0.15, 0.2) is 5.75 Å². The molecule has 3 heterocycles. The van der Waals surface area contributed by atoms with E-state index in [-0.39, 0.29) is 19.3 Å². The van der Waals surface area contributed by atoms with Crippen LogP contribution in [0, 0.1) is 0 Å². The molecule has 2 aliphatic rings. The summed E-state index contributed by atoms with van der Waals surface area (Å²) in [6.45, 7) is 0.280. The fraction of sp³-hybridized carbons (Fsp3) is 0.375. The molecule has 138 valence electrons. The Morgan fingerprint density at radius 3 is 2.96 bits per heavy atom. The van der Waals surface area contributed by atoms with Gasteiger partial charge in [-0.3, -0.25) is 18.9 Å². The van der Waals surface area contributed by atoms with Gasteiger partial charge in [0.05, 0.1) is 6.10 Å². The second-order valence-electron chi connectivity index (χ2n) is 6.04. The summed E-state index contributed by atoms with van der Waals surface area (Å²) >= 11 is 0. The summed E-state index contributed by atoms with van der Waals surface area (Å²) in [5.74, 6) is 0.541. The average molecular weight is 381 g/mol. The van der Waals surface area contributed by atoms with E-state index < -0.39 is 25.6 Å². The average Bonchev–Trinajstić information content (AvgIpc) is 3.09. The predicted octanol–water partition coefficient (Wildman–Crippen LogP) is 1.51. The Labute approximate surface area is 148 Å². The van der Waals surface area contributed by atoms with Crippen LogP contribution in [-0.4, -0.2) is 27.2 Å². The summed E-state index contributed by atoms with van der Waals surface area (Å²) in [6, 6.07) is 8.54. The van der Waals surface area contributed by atoms with Crippen LogP contribution in [0.1, 0.15) is 24.6 Å². The van der Waals surface area contributed by atoms with E-state index in [2.05, 4.69) is 4.98 Å². The maximum absolute atomic E-state index is 11.8. The molecule has 1 aromatic heterocycles. The molecule has 3 unspecified atom stereocenters. The van der Waals surface area contributed by atoms with Crippen molar-refractivity contribution in [1.82, 2.24) is 9.55 Å². The molecule has 10 heteroatoms. The lowest BCUT2D eigenvalue weighted by Gasteiger charge is -2.22. The molecule has 9 nitrogen and oxygen atoms in total. The second kappa shape index (κ2) is 6.94. The number of aromatic amines is 1. The van der Waals surface area contributed by atoms with E-state index >= 15 is 0 Å². The van der Waals surface area contributed by atoms with Gasteiger partial charge in [-0.15, -0.1) is 9.05 Å². The van der Waals surface area contributed by atoms with Crippen molar-refractivity contribution in [2.75, 3.05) is 6.61 Å².